The van der Waals surface area contributed by atoms with Gasteiger partial charge in [-0.05, 0) is 101 Å². The largest absolute Gasteiger partial charge is 0.457 e. The van der Waals surface area contributed by atoms with E-state index in [0.717, 1.165) is 102 Å². The number of carbonyl (C=O) groups is 1. The first-order chi connectivity index (χ1) is 36.1. The standard InChI is InChI=1S/C62H103F2NO9/c1-7-11-15-16-17-18-19-20-21-25-28-31-34-54-58(74-62(5,6)73-54)53(47-70-61-60(69-46-14-10-4)59(68-45-13-9-3)57(64)55(72-61)48-67-44-12-8-2)65-56(66)35-32-29-26-23-22-24-27-30-33-49-36-40-51(41-37-49)71-52-42-38-50(63)39-43-52/h36-43,53-55,57-61H,7-35,44-48H2,1-6H3,(H,65,66)/t53-,54+,55?,57+,58-,59-,60?,61-/m0/s1. The second-order valence-corrected chi connectivity index (χ2v) is 21.6. The summed E-state index contributed by atoms with van der Waals surface area (Å²) in [6.45, 7) is 13.9. The predicted octanol–water partition coefficient (Wildman–Crippen LogP) is 16.0. The summed E-state index contributed by atoms with van der Waals surface area (Å²) in [5, 5.41) is 3.34. The number of rotatable bonds is 44. The molecule has 0 radical (unpaired) electrons. The number of unbranched alkanes of at least 4 members (excludes halogenated alkanes) is 21. The lowest BCUT2D eigenvalue weighted by molar-refractivity contribution is -0.310. The summed E-state index contributed by atoms with van der Waals surface area (Å²) >= 11 is 0. The van der Waals surface area contributed by atoms with Gasteiger partial charge in [-0.2, -0.15) is 0 Å². The average molecular weight is 1040 g/mol. The molecule has 2 aliphatic heterocycles. The molecule has 74 heavy (non-hydrogen) atoms. The minimum absolute atomic E-state index is 0.0434. The highest BCUT2D eigenvalue weighted by atomic mass is 19.1. The van der Waals surface area contributed by atoms with Gasteiger partial charge >= 0.3 is 0 Å². The first kappa shape index (κ1) is 63.8. The molecule has 1 amide bonds. The first-order valence-corrected chi connectivity index (χ1v) is 30.0. The quantitative estimate of drug-likeness (QED) is 0.0650. The van der Waals surface area contributed by atoms with Crippen molar-refractivity contribution in [3.05, 3.63) is 59.9 Å². The van der Waals surface area contributed by atoms with Crippen molar-refractivity contribution in [2.45, 2.75) is 283 Å². The molecule has 2 fully saturated rings. The molecule has 0 saturated carbocycles. The molecule has 2 aromatic rings. The highest BCUT2D eigenvalue weighted by molar-refractivity contribution is 5.76. The van der Waals surface area contributed by atoms with Crippen LogP contribution in [0.5, 0.6) is 11.5 Å². The van der Waals surface area contributed by atoms with E-state index in [2.05, 4.69) is 45.1 Å². The Bertz CT molecular complexity index is 1680. The van der Waals surface area contributed by atoms with E-state index >= 15 is 4.39 Å². The van der Waals surface area contributed by atoms with Gasteiger partial charge < -0.3 is 43.2 Å². The van der Waals surface area contributed by atoms with Gasteiger partial charge in [-0.15, -0.1) is 0 Å². The molecule has 424 valence electrons. The van der Waals surface area contributed by atoms with E-state index in [1.807, 2.05) is 26.0 Å². The molecule has 2 saturated heterocycles. The third-order valence-corrected chi connectivity index (χ3v) is 14.4. The fraction of sp³-hybridized carbons (Fsp3) is 0.790. The molecule has 10 nitrogen and oxygen atoms in total. The molecule has 4 rings (SSSR count). The molecule has 0 aromatic heterocycles. The summed E-state index contributed by atoms with van der Waals surface area (Å²) in [4.78, 5) is 13.9. The molecule has 2 aliphatic rings. The fourth-order valence-electron chi connectivity index (χ4n) is 10.0. The number of amides is 1. The van der Waals surface area contributed by atoms with E-state index in [-0.39, 0.29) is 31.0 Å². The van der Waals surface area contributed by atoms with Gasteiger partial charge in [-0.3, -0.25) is 4.79 Å². The monoisotopic (exact) mass is 1040 g/mol. The topological polar surface area (TPSA) is 103 Å². The summed E-state index contributed by atoms with van der Waals surface area (Å²) in [5.74, 6) is 0.202. The van der Waals surface area contributed by atoms with Crippen molar-refractivity contribution in [1.29, 1.82) is 0 Å². The number of aryl methyl sites for hydroxylation is 1. The second kappa shape index (κ2) is 38.8. The summed E-state index contributed by atoms with van der Waals surface area (Å²) in [7, 11) is 0. The van der Waals surface area contributed by atoms with E-state index in [1.165, 1.54) is 101 Å². The lowest BCUT2D eigenvalue weighted by Crippen LogP contribution is -2.61. The van der Waals surface area contributed by atoms with Gasteiger partial charge in [0.2, 0.25) is 5.91 Å². The molecule has 8 atom stereocenters. The minimum atomic E-state index is -1.46. The molecule has 1 N–H and O–H groups in total. The number of ether oxygens (including phenoxy) is 8. The smallest absolute Gasteiger partial charge is 0.220 e. The number of benzene rings is 2. The summed E-state index contributed by atoms with van der Waals surface area (Å²) in [6, 6.07) is 13.7. The van der Waals surface area contributed by atoms with Crippen molar-refractivity contribution < 1.29 is 51.5 Å². The molecule has 2 unspecified atom stereocenters. The van der Waals surface area contributed by atoms with Crippen molar-refractivity contribution in [2.75, 3.05) is 33.0 Å². The van der Waals surface area contributed by atoms with Gasteiger partial charge in [0.25, 0.3) is 0 Å². The van der Waals surface area contributed by atoms with E-state index in [0.29, 0.717) is 32.0 Å². The van der Waals surface area contributed by atoms with Crippen LogP contribution in [0.3, 0.4) is 0 Å². The molecule has 0 spiro atoms. The van der Waals surface area contributed by atoms with Gasteiger partial charge in [-0.25, -0.2) is 8.78 Å². The van der Waals surface area contributed by atoms with Gasteiger partial charge in [0, 0.05) is 26.2 Å². The Morgan fingerprint density at radius 3 is 1.70 bits per heavy atom. The molecule has 2 heterocycles. The van der Waals surface area contributed by atoms with Crippen molar-refractivity contribution in [3.8, 4) is 11.5 Å². The Kier molecular flexibility index (Phi) is 33.4. The summed E-state index contributed by atoms with van der Waals surface area (Å²) < 4.78 is 80.6. The Morgan fingerprint density at radius 1 is 0.595 bits per heavy atom. The number of alkyl halides is 1. The number of nitrogens with one attached hydrogen (secondary N) is 1. The lowest BCUT2D eigenvalue weighted by Gasteiger charge is -2.43. The van der Waals surface area contributed by atoms with Crippen LogP contribution in [-0.2, 0) is 44.4 Å². The molecule has 12 heteroatoms. The highest BCUT2D eigenvalue weighted by Crippen LogP contribution is 2.35. The fourth-order valence-corrected chi connectivity index (χ4v) is 10.0. The van der Waals surface area contributed by atoms with Crippen molar-refractivity contribution in [2.24, 2.45) is 0 Å². The molecule has 0 bridgehead atoms. The predicted molar refractivity (Wildman–Crippen MR) is 294 cm³/mol. The van der Waals surface area contributed by atoms with E-state index < -0.39 is 48.7 Å². The number of hydrogen-bond acceptors (Lipinski definition) is 9. The number of halogens is 2. The van der Waals surface area contributed by atoms with Crippen LogP contribution >= 0.6 is 0 Å². The maximum atomic E-state index is 16.5. The van der Waals surface area contributed by atoms with E-state index in [1.54, 1.807) is 12.1 Å². The Labute approximate surface area is 448 Å². The average Bonchev–Trinajstić information content (AvgIpc) is 3.71. The SMILES string of the molecule is CCCCCCCCCCCCCC[C@H]1OC(C)(C)O[C@H]1[C@H](CO[C@H]1OC(COCCCC)[C@@H](F)[C@H](OCCCC)C1OCCCC)NC(=O)CCCCCCCCCCc1ccc(Oc2ccc(F)cc2)cc1. The Hall–Kier alpha value is -2.71. The van der Waals surface area contributed by atoms with Gasteiger partial charge in [0.15, 0.2) is 18.2 Å². The van der Waals surface area contributed by atoms with Crippen molar-refractivity contribution in [1.82, 2.24) is 5.32 Å². The Morgan fingerprint density at radius 2 is 1.11 bits per heavy atom. The van der Waals surface area contributed by atoms with E-state index in [4.69, 9.17) is 37.9 Å². The van der Waals surface area contributed by atoms with Crippen LogP contribution in [0.15, 0.2) is 48.5 Å². The van der Waals surface area contributed by atoms with Crippen LogP contribution in [0, 0.1) is 5.82 Å². The maximum absolute atomic E-state index is 16.5. The van der Waals surface area contributed by atoms with Gasteiger partial charge in [0.1, 0.15) is 41.7 Å². The van der Waals surface area contributed by atoms with Crippen molar-refractivity contribution >= 4 is 5.91 Å². The first-order valence-electron chi connectivity index (χ1n) is 30.0. The van der Waals surface area contributed by atoms with Crippen LogP contribution < -0.4 is 10.1 Å². The van der Waals surface area contributed by atoms with E-state index in [9.17, 15) is 9.18 Å². The molecular formula is C62H103F2NO9. The second-order valence-electron chi connectivity index (χ2n) is 21.6. The lowest BCUT2D eigenvalue weighted by atomic mass is 9.98. The number of hydrogen-bond donors (Lipinski definition) is 1. The zero-order valence-electron chi connectivity index (χ0n) is 47.2. The van der Waals surface area contributed by atoms with Crippen LogP contribution in [-0.4, -0.2) is 93.8 Å². The summed E-state index contributed by atoms with van der Waals surface area (Å²) in [5.41, 5.74) is 1.28. The molecular weight excluding hydrogens is 941 g/mol. The van der Waals surface area contributed by atoms with Crippen LogP contribution in [0.1, 0.15) is 227 Å². The maximum Gasteiger partial charge on any atom is 0.220 e. The summed E-state index contributed by atoms with van der Waals surface area (Å²) in [6.07, 6.45) is 25.8. The Balaban J connectivity index is 1.31. The highest BCUT2D eigenvalue weighted by Gasteiger charge is 2.50. The van der Waals surface area contributed by atoms with Crippen LogP contribution in [0.25, 0.3) is 0 Å². The molecule has 2 aromatic carbocycles. The normalized spacial score (nSPS) is 22.0. The minimum Gasteiger partial charge on any atom is -0.457 e. The van der Waals surface area contributed by atoms with Crippen LogP contribution in [0.4, 0.5) is 8.78 Å². The third-order valence-electron chi connectivity index (χ3n) is 14.4. The third kappa shape index (κ3) is 26.1. The zero-order chi connectivity index (χ0) is 53.1. The zero-order valence-corrected chi connectivity index (χ0v) is 47.2. The number of carbonyl (C=O) groups excluding carboxylic acids is 1. The van der Waals surface area contributed by atoms with Crippen molar-refractivity contribution in [3.63, 3.8) is 0 Å². The molecule has 0 aliphatic carbocycles. The van der Waals surface area contributed by atoms with Crippen LogP contribution in [0.2, 0.25) is 0 Å². The van der Waals surface area contributed by atoms with Gasteiger partial charge in [-0.1, -0.05) is 175 Å². The van der Waals surface area contributed by atoms with Gasteiger partial charge in [0.05, 0.1) is 25.4 Å².